The summed E-state index contributed by atoms with van der Waals surface area (Å²) in [7, 11) is 0. The highest BCUT2D eigenvalue weighted by atomic mass is 16.6. The molecule has 4 nitrogen and oxygen atoms in total. The van der Waals surface area contributed by atoms with Gasteiger partial charge in [0.15, 0.2) is 0 Å². The number of nitrogens with one attached hydrogen (secondary N) is 1. The second-order valence-corrected chi connectivity index (χ2v) is 5.08. The van der Waals surface area contributed by atoms with E-state index < -0.39 is 17.3 Å². The summed E-state index contributed by atoms with van der Waals surface area (Å²) >= 11 is 0. The average molecular weight is 217 g/mol. The van der Waals surface area contributed by atoms with Gasteiger partial charge in [-0.05, 0) is 41.0 Å². The smallest absolute Gasteiger partial charge is 0.407 e. The Labute approximate surface area is 92.0 Å². The third-order valence-corrected chi connectivity index (χ3v) is 2.38. The number of aliphatic hydroxyl groups is 1. The summed E-state index contributed by atoms with van der Waals surface area (Å²) in [6.45, 7) is 10.7. The van der Waals surface area contributed by atoms with Crippen molar-refractivity contribution < 1.29 is 14.6 Å². The molecule has 0 spiro atoms. The Hall–Kier alpha value is -0.770. The Morgan fingerprint density at radius 2 is 1.87 bits per heavy atom. The third kappa shape index (κ3) is 5.62. The number of carbonyl (C=O) groups excluding carboxylic acids is 1. The quantitative estimate of drug-likeness (QED) is 0.760. The maximum atomic E-state index is 11.4. The van der Waals surface area contributed by atoms with Crippen molar-refractivity contribution in [2.24, 2.45) is 0 Å². The first-order valence-corrected chi connectivity index (χ1v) is 5.30. The second-order valence-electron chi connectivity index (χ2n) is 5.08. The Kier molecular flexibility index (Phi) is 4.59. The lowest BCUT2D eigenvalue weighted by Crippen LogP contribution is -2.49. The second kappa shape index (κ2) is 4.84. The van der Waals surface area contributed by atoms with Gasteiger partial charge >= 0.3 is 6.09 Å². The van der Waals surface area contributed by atoms with Gasteiger partial charge in [-0.2, -0.15) is 0 Å². The molecule has 0 bridgehead atoms. The van der Waals surface area contributed by atoms with Gasteiger partial charge in [-0.1, -0.05) is 6.92 Å². The van der Waals surface area contributed by atoms with E-state index in [1.807, 2.05) is 6.92 Å². The number of ether oxygens (including phenoxy) is 1. The Bertz CT molecular complexity index is 218. The van der Waals surface area contributed by atoms with Gasteiger partial charge in [0.25, 0.3) is 0 Å². The molecule has 90 valence electrons. The van der Waals surface area contributed by atoms with Crippen molar-refractivity contribution in [2.45, 2.75) is 65.2 Å². The average Bonchev–Trinajstić information content (AvgIpc) is 2.00. The fourth-order valence-corrected chi connectivity index (χ4v) is 0.946. The van der Waals surface area contributed by atoms with Crippen LogP contribution in [0.5, 0.6) is 0 Å². The van der Waals surface area contributed by atoms with Gasteiger partial charge in [0.1, 0.15) is 5.60 Å². The molecule has 15 heavy (non-hydrogen) atoms. The van der Waals surface area contributed by atoms with Crippen molar-refractivity contribution in [3.05, 3.63) is 0 Å². The number of alkyl carbamates (subject to hydrolysis) is 1. The van der Waals surface area contributed by atoms with Crippen LogP contribution in [0, 0.1) is 0 Å². The molecule has 0 aliphatic rings. The normalized spacial score (nSPS) is 17.8. The first-order valence-electron chi connectivity index (χ1n) is 5.30. The minimum atomic E-state index is -0.906. The largest absolute Gasteiger partial charge is 0.444 e. The summed E-state index contributed by atoms with van der Waals surface area (Å²) in [5.74, 6) is 0. The molecule has 2 atom stereocenters. The first kappa shape index (κ1) is 14.2. The summed E-state index contributed by atoms with van der Waals surface area (Å²) in [5, 5.41) is 12.5. The maximum absolute atomic E-state index is 11.4. The molecule has 0 aliphatic heterocycles. The molecule has 0 aliphatic carbocycles. The number of carbonyl (C=O) groups is 1. The fourth-order valence-electron chi connectivity index (χ4n) is 0.946. The lowest BCUT2D eigenvalue weighted by Gasteiger charge is -2.30. The summed E-state index contributed by atoms with van der Waals surface area (Å²) in [6.07, 6.45) is 0.0768. The predicted octanol–water partition coefficient (Wildman–Crippen LogP) is 2.06. The zero-order chi connectivity index (χ0) is 12.3. The van der Waals surface area contributed by atoms with Crippen molar-refractivity contribution in [2.75, 3.05) is 0 Å². The lowest BCUT2D eigenvalue weighted by atomic mass is 9.95. The van der Waals surface area contributed by atoms with E-state index in [-0.39, 0.29) is 6.04 Å². The van der Waals surface area contributed by atoms with Gasteiger partial charge in [-0.15, -0.1) is 0 Å². The van der Waals surface area contributed by atoms with Crippen molar-refractivity contribution in [3.63, 3.8) is 0 Å². The number of hydrogen-bond acceptors (Lipinski definition) is 3. The van der Waals surface area contributed by atoms with Crippen molar-refractivity contribution >= 4 is 6.09 Å². The van der Waals surface area contributed by atoms with Gasteiger partial charge in [-0.3, -0.25) is 0 Å². The van der Waals surface area contributed by atoms with E-state index in [4.69, 9.17) is 4.74 Å². The standard InChI is InChI=1S/C11H23NO3/c1-7-11(6,14)8(2)12-9(13)15-10(3,4)5/h8,14H,7H2,1-6H3,(H,12,13)/t8-,11-/m0/s1. The van der Waals surface area contributed by atoms with Crippen molar-refractivity contribution in [1.29, 1.82) is 0 Å². The minimum Gasteiger partial charge on any atom is -0.444 e. The Balaban J connectivity index is 4.20. The van der Waals surface area contributed by atoms with Gasteiger partial charge in [0.2, 0.25) is 0 Å². The number of amides is 1. The van der Waals surface area contributed by atoms with Crippen LogP contribution in [0.15, 0.2) is 0 Å². The van der Waals surface area contributed by atoms with Crippen LogP contribution in [0.2, 0.25) is 0 Å². The van der Waals surface area contributed by atoms with Gasteiger partial charge < -0.3 is 15.2 Å². The van der Waals surface area contributed by atoms with Gasteiger partial charge in [-0.25, -0.2) is 4.79 Å². The van der Waals surface area contributed by atoms with Crippen LogP contribution < -0.4 is 5.32 Å². The molecule has 0 saturated heterocycles. The van der Waals surface area contributed by atoms with E-state index in [1.165, 1.54) is 0 Å². The molecule has 0 aromatic rings. The SMILES string of the molecule is CC[C@](C)(O)[C@H](C)NC(=O)OC(C)(C)C. The zero-order valence-corrected chi connectivity index (χ0v) is 10.5. The van der Waals surface area contributed by atoms with Gasteiger partial charge in [0, 0.05) is 0 Å². The maximum Gasteiger partial charge on any atom is 0.407 e. The van der Waals surface area contributed by atoms with E-state index in [2.05, 4.69) is 5.32 Å². The molecule has 0 aromatic carbocycles. The van der Waals surface area contributed by atoms with Crippen LogP contribution in [-0.2, 0) is 4.74 Å². The molecule has 4 heteroatoms. The summed E-state index contributed by atoms with van der Waals surface area (Å²) in [5.41, 5.74) is -1.42. The molecular formula is C11H23NO3. The van der Waals surface area contributed by atoms with E-state index >= 15 is 0 Å². The predicted molar refractivity (Wildman–Crippen MR) is 59.7 cm³/mol. The van der Waals surface area contributed by atoms with Crippen LogP contribution in [0.1, 0.15) is 48.0 Å². The fraction of sp³-hybridized carbons (Fsp3) is 0.909. The highest BCUT2D eigenvalue weighted by Gasteiger charge is 2.28. The molecule has 0 aromatic heterocycles. The summed E-state index contributed by atoms with van der Waals surface area (Å²) < 4.78 is 5.09. The highest BCUT2D eigenvalue weighted by Crippen LogP contribution is 2.14. The minimum absolute atomic E-state index is 0.336. The van der Waals surface area contributed by atoms with Crippen LogP contribution in [-0.4, -0.2) is 28.4 Å². The lowest BCUT2D eigenvalue weighted by molar-refractivity contribution is 0.00813. The topological polar surface area (TPSA) is 58.6 Å². The molecule has 0 unspecified atom stereocenters. The molecule has 0 saturated carbocycles. The molecule has 2 N–H and O–H groups in total. The molecular weight excluding hydrogens is 194 g/mol. The molecule has 0 fully saturated rings. The van der Waals surface area contributed by atoms with Crippen molar-refractivity contribution in [3.8, 4) is 0 Å². The van der Waals surface area contributed by atoms with E-state index in [1.54, 1.807) is 34.6 Å². The number of rotatable bonds is 3. The molecule has 0 heterocycles. The Morgan fingerprint density at radius 3 is 2.20 bits per heavy atom. The monoisotopic (exact) mass is 217 g/mol. The van der Waals surface area contributed by atoms with Gasteiger partial charge in [0.05, 0.1) is 11.6 Å². The number of hydrogen-bond donors (Lipinski definition) is 2. The van der Waals surface area contributed by atoms with Crippen LogP contribution in [0.25, 0.3) is 0 Å². The Morgan fingerprint density at radius 1 is 1.40 bits per heavy atom. The third-order valence-electron chi connectivity index (χ3n) is 2.38. The zero-order valence-electron chi connectivity index (χ0n) is 10.5. The summed E-state index contributed by atoms with van der Waals surface area (Å²) in [4.78, 5) is 11.4. The van der Waals surface area contributed by atoms with E-state index in [9.17, 15) is 9.90 Å². The molecule has 0 rings (SSSR count). The highest BCUT2D eigenvalue weighted by molar-refractivity contribution is 5.68. The first-order chi connectivity index (χ1) is 6.58. The molecule has 0 radical (unpaired) electrons. The van der Waals surface area contributed by atoms with Crippen LogP contribution in [0.4, 0.5) is 4.79 Å². The van der Waals surface area contributed by atoms with Crippen LogP contribution in [0.3, 0.4) is 0 Å². The summed E-state index contributed by atoms with van der Waals surface area (Å²) in [6, 6.07) is -0.336. The van der Waals surface area contributed by atoms with E-state index in [0.717, 1.165) is 0 Å². The van der Waals surface area contributed by atoms with Crippen LogP contribution >= 0.6 is 0 Å². The van der Waals surface area contributed by atoms with Crippen molar-refractivity contribution in [1.82, 2.24) is 5.32 Å². The molecule has 1 amide bonds. The van der Waals surface area contributed by atoms with E-state index in [0.29, 0.717) is 6.42 Å².